The first kappa shape index (κ1) is 14.6. The normalized spacial score (nSPS) is 12.6. The van der Waals surface area contributed by atoms with Gasteiger partial charge in [0, 0.05) is 40.3 Å². The molecule has 1 atom stereocenters. The molecule has 2 rings (SSSR count). The van der Waals surface area contributed by atoms with Crippen LogP contribution in [0.15, 0.2) is 39.7 Å². The van der Waals surface area contributed by atoms with Gasteiger partial charge in [0.25, 0.3) is 0 Å². The Kier molecular flexibility index (Phi) is 5.07. The number of aromatic nitrogens is 2. The smallest absolute Gasteiger partial charge is 0.0596 e. The van der Waals surface area contributed by atoms with E-state index in [-0.39, 0.29) is 6.04 Å². The van der Waals surface area contributed by atoms with Crippen LogP contribution in [0.25, 0.3) is 0 Å². The van der Waals surface area contributed by atoms with Crippen LogP contribution in [-0.4, -0.2) is 21.6 Å². The molecule has 0 aliphatic rings. The zero-order valence-electron chi connectivity index (χ0n) is 11.1. The molecular formula is C14H18BrN3S. The van der Waals surface area contributed by atoms with Crippen LogP contribution >= 0.6 is 27.7 Å². The third-order valence-corrected chi connectivity index (χ3v) is 5.08. The van der Waals surface area contributed by atoms with Gasteiger partial charge in [-0.1, -0.05) is 12.1 Å². The molecule has 1 aromatic heterocycles. The van der Waals surface area contributed by atoms with Gasteiger partial charge in [-0.05, 0) is 41.1 Å². The number of aryl methyl sites for hydroxylation is 2. The standard InChI is InChI=1S/C14H18BrN3S/c1-10-7-12(18(2)17-10)8-11(16)9-19-14-6-4-3-5-13(14)15/h3-7,11H,8-9,16H2,1-2H3. The first-order valence-electron chi connectivity index (χ1n) is 6.18. The van der Waals surface area contributed by atoms with Crippen LogP contribution in [0.4, 0.5) is 0 Å². The molecule has 3 nitrogen and oxygen atoms in total. The molecule has 1 aromatic carbocycles. The summed E-state index contributed by atoms with van der Waals surface area (Å²) in [7, 11) is 1.97. The fourth-order valence-electron chi connectivity index (χ4n) is 1.94. The average Bonchev–Trinajstić information content (AvgIpc) is 2.67. The van der Waals surface area contributed by atoms with Gasteiger partial charge in [0.2, 0.25) is 0 Å². The van der Waals surface area contributed by atoms with Gasteiger partial charge in [-0.25, -0.2) is 0 Å². The van der Waals surface area contributed by atoms with Crippen LogP contribution in [0.1, 0.15) is 11.4 Å². The zero-order valence-corrected chi connectivity index (χ0v) is 13.5. The Morgan fingerprint density at radius 2 is 2.16 bits per heavy atom. The third kappa shape index (κ3) is 4.09. The molecule has 0 saturated heterocycles. The van der Waals surface area contributed by atoms with Crippen molar-refractivity contribution in [3.8, 4) is 0 Å². The van der Waals surface area contributed by atoms with E-state index in [9.17, 15) is 0 Å². The molecule has 0 fully saturated rings. The highest BCUT2D eigenvalue weighted by molar-refractivity contribution is 9.10. The quantitative estimate of drug-likeness (QED) is 0.851. The van der Waals surface area contributed by atoms with Crippen molar-refractivity contribution >= 4 is 27.7 Å². The van der Waals surface area contributed by atoms with E-state index in [1.54, 1.807) is 11.8 Å². The monoisotopic (exact) mass is 339 g/mol. The minimum absolute atomic E-state index is 0.131. The maximum atomic E-state index is 6.20. The van der Waals surface area contributed by atoms with Crippen molar-refractivity contribution in [2.75, 3.05) is 5.75 Å². The molecule has 0 aliphatic heterocycles. The van der Waals surface area contributed by atoms with Gasteiger partial charge in [0.05, 0.1) is 5.69 Å². The van der Waals surface area contributed by atoms with Crippen LogP contribution in [0.2, 0.25) is 0 Å². The molecule has 2 aromatic rings. The van der Waals surface area contributed by atoms with Gasteiger partial charge in [0.1, 0.15) is 0 Å². The van der Waals surface area contributed by atoms with E-state index in [0.717, 1.165) is 22.3 Å². The molecule has 1 heterocycles. The summed E-state index contributed by atoms with van der Waals surface area (Å²) in [4.78, 5) is 1.24. The minimum atomic E-state index is 0.131. The molecule has 19 heavy (non-hydrogen) atoms. The second-order valence-corrected chi connectivity index (χ2v) is 6.52. The Morgan fingerprint density at radius 1 is 1.42 bits per heavy atom. The lowest BCUT2D eigenvalue weighted by atomic mass is 10.2. The van der Waals surface area contributed by atoms with Gasteiger partial charge >= 0.3 is 0 Å². The first-order valence-corrected chi connectivity index (χ1v) is 7.96. The summed E-state index contributed by atoms with van der Waals surface area (Å²) >= 11 is 5.34. The molecule has 5 heteroatoms. The van der Waals surface area contributed by atoms with Gasteiger partial charge in [-0.3, -0.25) is 4.68 Å². The highest BCUT2D eigenvalue weighted by Crippen LogP contribution is 2.27. The Morgan fingerprint density at radius 3 is 2.79 bits per heavy atom. The molecule has 1 unspecified atom stereocenters. The lowest BCUT2D eigenvalue weighted by Crippen LogP contribution is -2.26. The van der Waals surface area contributed by atoms with Crippen molar-refractivity contribution in [3.05, 3.63) is 46.2 Å². The summed E-state index contributed by atoms with van der Waals surface area (Å²) in [6.07, 6.45) is 0.856. The summed E-state index contributed by atoms with van der Waals surface area (Å²) in [5, 5.41) is 4.34. The van der Waals surface area contributed by atoms with Crippen LogP contribution in [-0.2, 0) is 13.5 Å². The van der Waals surface area contributed by atoms with Crippen molar-refractivity contribution in [1.82, 2.24) is 9.78 Å². The van der Waals surface area contributed by atoms with Crippen molar-refractivity contribution in [1.29, 1.82) is 0 Å². The molecular weight excluding hydrogens is 322 g/mol. The van der Waals surface area contributed by atoms with E-state index in [4.69, 9.17) is 5.73 Å². The maximum absolute atomic E-state index is 6.20. The third-order valence-electron chi connectivity index (χ3n) is 2.86. The molecule has 0 saturated carbocycles. The van der Waals surface area contributed by atoms with Crippen LogP contribution in [0.5, 0.6) is 0 Å². The highest BCUT2D eigenvalue weighted by atomic mass is 79.9. The van der Waals surface area contributed by atoms with E-state index in [2.05, 4.69) is 39.2 Å². The lowest BCUT2D eigenvalue weighted by Gasteiger charge is -2.12. The molecule has 0 bridgehead atoms. The van der Waals surface area contributed by atoms with Crippen LogP contribution in [0.3, 0.4) is 0 Å². The summed E-state index contributed by atoms with van der Waals surface area (Å²) in [5.74, 6) is 0.896. The van der Waals surface area contributed by atoms with Crippen molar-refractivity contribution in [2.24, 2.45) is 12.8 Å². The van der Waals surface area contributed by atoms with E-state index >= 15 is 0 Å². The molecule has 0 amide bonds. The zero-order chi connectivity index (χ0) is 13.8. The average molecular weight is 340 g/mol. The van der Waals surface area contributed by atoms with Crippen molar-refractivity contribution in [3.63, 3.8) is 0 Å². The number of thioether (sulfide) groups is 1. The summed E-state index contributed by atoms with van der Waals surface area (Å²) in [6, 6.07) is 10.5. The number of nitrogens with two attached hydrogens (primary N) is 1. The molecule has 2 N–H and O–H groups in total. The summed E-state index contributed by atoms with van der Waals surface area (Å²) in [6.45, 7) is 2.00. The Labute approximate surface area is 126 Å². The Hall–Kier alpha value is -0.780. The SMILES string of the molecule is Cc1cc(CC(N)CSc2ccccc2Br)n(C)n1. The number of halogens is 1. The van der Waals surface area contributed by atoms with E-state index in [1.165, 1.54) is 10.6 Å². The van der Waals surface area contributed by atoms with Crippen molar-refractivity contribution in [2.45, 2.75) is 24.3 Å². The number of nitrogens with zero attached hydrogens (tertiary/aromatic N) is 2. The second kappa shape index (κ2) is 6.59. The molecule has 102 valence electrons. The lowest BCUT2D eigenvalue weighted by molar-refractivity contribution is 0.652. The number of rotatable bonds is 5. The van der Waals surface area contributed by atoms with Crippen LogP contribution < -0.4 is 5.73 Å². The van der Waals surface area contributed by atoms with Crippen LogP contribution in [0, 0.1) is 6.92 Å². The maximum Gasteiger partial charge on any atom is 0.0596 e. The van der Waals surface area contributed by atoms with E-state index < -0.39 is 0 Å². The molecule has 0 aliphatic carbocycles. The minimum Gasteiger partial charge on any atom is -0.327 e. The summed E-state index contributed by atoms with van der Waals surface area (Å²) in [5.41, 5.74) is 8.44. The Bertz CT molecular complexity index is 553. The Balaban J connectivity index is 1.90. The summed E-state index contributed by atoms with van der Waals surface area (Å²) < 4.78 is 3.04. The van der Waals surface area contributed by atoms with Gasteiger partial charge < -0.3 is 5.73 Å². The molecule has 0 spiro atoms. The number of hydrogen-bond donors (Lipinski definition) is 1. The fraction of sp³-hybridized carbons (Fsp3) is 0.357. The number of hydrogen-bond acceptors (Lipinski definition) is 3. The van der Waals surface area contributed by atoms with Gasteiger partial charge in [-0.15, -0.1) is 11.8 Å². The topological polar surface area (TPSA) is 43.8 Å². The van der Waals surface area contributed by atoms with Gasteiger partial charge in [-0.2, -0.15) is 5.10 Å². The second-order valence-electron chi connectivity index (χ2n) is 4.61. The predicted molar refractivity (Wildman–Crippen MR) is 84.5 cm³/mol. The van der Waals surface area contributed by atoms with E-state index in [1.807, 2.05) is 30.8 Å². The van der Waals surface area contributed by atoms with E-state index in [0.29, 0.717) is 0 Å². The predicted octanol–water partition coefficient (Wildman–Crippen LogP) is 3.15. The fourth-order valence-corrected chi connectivity index (χ4v) is 3.46. The first-order chi connectivity index (χ1) is 9.06. The molecule has 0 radical (unpaired) electrons. The largest absolute Gasteiger partial charge is 0.327 e. The highest BCUT2D eigenvalue weighted by Gasteiger charge is 2.10. The number of benzene rings is 1. The van der Waals surface area contributed by atoms with Gasteiger partial charge in [0.15, 0.2) is 0 Å². The van der Waals surface area contributed by atoms with Crippen molar-refractivity contribution < 1.29 is 0 Å².